The Hall–Kier alpha value is -0.390. The van der Waals surface area contributed by atoms with Crippen molar-refractivity contribution >= 4 is 33.2 Å². The van der Waals surface area contributed by atoms with Gasteiger partial charge in [0.1, 0.15) is 0 Å². The van der Waals surface area contributed by atoms with E-state index in [9.17, 15) is 4.79 Å². The van der Waals surface area contributed by atoms with Crippen LogP contribution in [0.2, 0.25) is 0 Å². The molecule has 0 unspecified atom stereocenters. The molecule has 1 saturated carbocycles. The summed E-state index contributed by atoms with van der Waals surface area (Å²) in [5.74, 6) is -0.824. The molecule has 0 aromatic carbocycles. The molecule has 3 nitrogen and oxygen atoms in total. The van der Waals surface area contributed by atoms with Gasteiger partial charge in [0, 0.05) is 0 Å². The van der Waals surface area contributed by atoms with Gasteiger partial charge in [0.25, 0.3) is 0 Å². The van der Waals surface area contributed by atoms with Crippen molar-refractivity contribution in [3.63, 3.8) is 0 Å². The van der Waals surface area contributed by atoms with Gasteiger partial charge < -0.3 is 9.84 Å². The minimum Gasteiger partial charge on any atom is -0.481 e. The highest BCUT2D eigenvalue weighted by molar-refractivity contribution is 9.11. The van der Waals surface area contributed by atoms with Gasteiger partial charge >= 0.3 is 5.97 Å². The van der Waals surface area contributed by atoms with Gasteiger partial charge in [0.05, 0.1) is 22.4 Å². The normalized spacial score (nSPS) is 24.8. The van der Waals surface area contributed by atoms with Gasteiger partial charge in [-0.3, -0.25) is 4.79 Å². The van der Waals surface area contributed by atoms with Crippen LogP contribution in [0.15, 0.2) is 15.2 Å². The number of halogens is 1. The second kappa shape index (κ2) is 5.98. The van der Waals surface area contributed by atoms with E-state index in [4.69, 9.17) is 9.84 Å². The maximum absolute atomic E-state index is 10.8. The summed E-state index contributed by atoms with van der Waals surface area (Å²) in [5.41, 5.74) is 1.18. The van der Waals surface area contributed by atoms with Crippen LogP contribution >= 0.6 is 27.3 Å². The highest BCUT2D eigenvalue weighted by Crippen LogP contribution is 2.28. The van der Waals surface area contributed by atoms with E-state index in [1.165, 1.54) is 5.56 Å². The number of ether oxygens (including phenoxy) is 1. The second-order valence-corrected chi connectivity index (χ2v) is 6.67. The van der Waals surface area contributed by atoms with Gasteiger partial charge in [0.2, 0.25) is 0 Å². The molecule has 1 aliphatic carbocycles. The first kappa shape index (κ1) is 13.1. The first-order chi connectivity index (χ1) is 8.15. The third-order valence-corrected chi connectivity index (χ3v) is 4.68. The lowest BCUT2D eigenvalue weighted by Crippen LogP contribution is -2.25. The summed E-state index contributed by atoms with van der Waals surface area (Å²) >= 11 is 5.07. The van der Waals surface area contributed by atoms with Gasteiger partial charge in [-0.1, -0.05) is 0 Å². The average molecular weight is 319 g/mol. The predicted octanol–water partition coefficient (Wildman–Crippen LogP) is 3.67. The minimum atomic E-state index is -0.662. The molecule has 0 spiro atoms. The van der Waals surface area contributed by atoms with Crippen molar-refractivity contribution in [3.8, 4) is 0 Å². The molecule has 0 radical (unpaired) electrons. The smallest absolute Gasteiger partial charge is 0.306 e. The summed E-state index contributed by atoms with van der Waals surface area (Å²) in [4.78, 5) is 10.8. The largest absolute Gasteiger partial charge is 0.481 e. The van der Waals surface area contributed by atoms with Crippen LogP contribution in [0.5, 0.6) is 0 Å². The number of rotatable bonds is 4. The van der Waals surface area contributed by atoms with Crippen molar-refractivity contribution in [2.75, 3.05) is 0 Å². The molecule has 1 fully saturated rings. The Morgan fingerprint density at radius 1 is 1.47 bits per heavy atom. The molecule has 1 N–H and O–H groups in total. The van der Waals surface area contributed by atoms with Crippen molar-refractivity contribution < 1.29 is 14.6 Å². The van der Waals surface area contributed by atoms with E-state index in [-0.39, 0.29) is 12.0 Å². The Labute approximate surface area is 113 Å². The van der Waals surface area contributed by atoms with Crippen molar-refractivity contribution in [1.82, 2.24) is 0 Å². The Bertz CT molecular complexity index is 383. The molecule has 2 rings (SSSR count). The predicted molar refractivity (Wildman–Crippen MR) is 70.2 cm³/mol. The lowest BCUT2D eigenvalue weighted by molar-refractivity contribution is -0.143. The lowest BCUT2D eigenvalue weighted by atomic mass is 9.87. The van der Waals surface area contributed by atoms with Gasteiger partial charge in [-0.15, -0.1) is 11.3 Å². The van der Waals surface area contributed by atoms with Crippen LogP contribution in [0.4, 0.5) is 0 Å². The topological polar surface area (TPSA) is 46.5 Å². The van der Waals surface area contributed by atoms with E-state index < -0.39 is 5.97 Å². The fourth-order valence-corrected chi connectivity index (χ4v) is 3.31. The van der Waals surface area contributed by atoms with E-state index in [1.807, 2.05) is 0 Å². The summed E-state index contributed by atoms with van der Waals surface area (Å²) in [6.07, 6.45) is 3.44. The fraction of sp³-hybridized carbons (Fsp3) is 0.583. The Morgan fingerprint density at radius 2 is 2.18 bits per heavy atom. The van der Waals surface area contributed by atoms with E-state index in [0.717, 1.165) is 29.5 Å². The van der Waals surface area contributed by atoms with E-state index in [2.05, 4.69) is 27.4 Å². The standard InChI is InChI=1S/C12H15BrO3S/c13-11-5-8(7-17-11)6-16-10-3-1-9(2-4-10)12(14)15/h5,7,9-10H,1-4,6H2,(H,14,15). The first-order valence-electron chi connectivity index (χ1n) is 5.72. The van der Waals surface area contributed by atoms with E-state index >= 15 is 0 Å². The second-order valence-electron chi connectivity index (χ2n) is 4.38. The van der Waals surface area contributed by atoms with Gasteiger partial charge in [-0.2, -0.15) is 0 Å². The summed E-state index contributed by atoms with van der Waals surface area (Å²) in [6.45, 7) is 0.629. The average Bonchev–Trinajstić information content (AvgIpc) is 2.73. The maximum Gasteiger partial charge on any atom is 0.306 e. The van der Waals surface area contributed by atoms with E-state index in [1.54, 1.807) is 11.3 Å². The van der Waals surface area contributed by atoms with Crippen LogP contribution in [-0.4, -0.2) is 17.2 Å². The third-order valence-electron chi connectivity index (χ3n) is 3.13. The number of carboxylic acid groups (broad SMARTS) is 1. The fourth-order valence-electron chi connectivity index (χ4n) is 2.11. The maximum atomic E-state index is 10.8. The highest BCUT2D eigenvalue weighted by atomic mass is 79.9. The van der Waals surface area contributed by atoms with Crippen LogP contribution in [0, 0.1) is 5.92 Å². The van der Waals surface area contributed by atoms with Crippen LogP contribution in [-0.2, 0) is 16.1 Å². The Kier molecular flexibility index (Phi) is 4.59. The Morgan fingerprint density at radius 3 is 2.71 bits per heavy atom. The molecule has 5 heteroatoms. The van der Waals surface area contributed by atoms with Crippen molar-refractivity contribution in [1.29, 1.82) is 0 Å². The summed E-state index contributed by atoms with van der Waals surface area (Å²) < 4.78 is 6.92. The zero-order chi connectivity index (χ0) is 12.3. The number of carboxylic acids is 1. The quantitative estimate of drug-likeness (QED) is 0.921. The minimum absolute atomic E-state index is 0.162. The van der Waals surface area contributed by atoms with Crippen molar-refractivity contribution in [2.45, 2.75) is 38.4 Å². The van der Waals surface area contributed by atoms with Crippen molar-refractivity contribution in [2.24, 2.45) is 5.92 Å². The molecular weight excluding hydrogens is 304 g/mol. The molecule has 0 amide bonds. The highest BCUT2D eigenvalue weighted by Gasteiger charge is 2.26. The number of hydrogen-bond donors (Lipinski definition) is 1. The summed E-state index contributed by atoms with van der Waals surface area (Å²) in [7, 11) is 0. The number of hydrogen-bond acceptors (Lipinski definition) is 3. The van der Waals surface area contributed by atoms with Crippen LogP contribution in [0.3, 0.4) is 0 Å². The molecule has 1 aromatic heterocycles. The molecule has 0 aliphatic heterocycles. The van der Waals surface area contributed by atoms with Gasteiger partial charge in [-0.25, -0.2) is 0 Å². The molecule has 1 heterocycles. The molecule has 1 aliphatic rings. The van der Waals surface area contributed by atoms with Crippen LogP contribution < -0.4 is 0 Å². The number of carbonyl (C=O) groups is 1. The zero-order valence-electron chi connectivity index (χ0n) is 9.39. The molecule has 0 atom stereocenters. The molecule has 94 valence electrons. The molecule has 1 aromatic rings. The lowest BCUT2D eigenvalue weighted by Gasteiger charge is -2.26. The molecule has 0 saturated heterocycles. The van der Waals surface area contributed by atoms with Crippen LogP contribution in [0.1, 0.15) is 31.2 Å². The third kappa shape index (κ3) is 3.79. The Balaban J connectivity index is 1.73. The monoisotopic (exact) mass is 318 g/mol. The first-order valence-corrected chi connectivity index (χ1v) is 7.39. The molecular formula is C12H15BrO3S. The SMILES string of the molecule is O=C(O)C1CCC(OCc2csc(Br)c2)CC1. The van der Waals surface area contributed by atoms with E-state index in [0.29, 0.717) is 6.61 Å². The summed E-state index contributed by atoms with van der Waals surface area (Å²) in [5, 5.41) is 11.0. The number of thiophene rings is 1. The van der Waals surface area contributed by atoms with Gasteiger partial charge in [0.15, 0.2) is 0 Å². The zero-order valence-corrected chi connectivity index (χ0v) is 11.8. The number of aliphatic carboxylic acids is 1. The summed E-state index contributed by atoms with van der Waals surface area (Å²) in [6, 6.07) is 2.06. The van der Waals surface area contributed by atoms with Crippen molar-refractivity contribution in [3.05, 3.63) is 20.8 Å². The molecule has 17 heavy (non-hydrogen) atoms. The molecule has 0 bridgehead atoms. The van der Waals surface area contributed by atoms with Crippen LogP contribution in [0.25, 0.3) is 0 Å². The van der Waals surface area contributed by atoms with Gasteiger partial charge in [-0.05, 0) is 58.6 Å².